The van der Waals surface area contributed by atoms with Gasteiger partial charge in [0.05, 0.1) is 16.8 Å². The average molecular weight is 655 g/mol. The summed E-state index contributed by atoms with van der Waals surface area (Å²) >= 11 is 0. The number of hydrogen-bond donors (Lipinski definition) is 0. The van der Waals surface area contributed by atoms with E-state index in [1.807, 2.05) is 66.7 Å². The number of hydrogen-bond acceptors (Lipinski definition) is 4. The molecule has 4 nitrogen and oxygen atoms in total. The zero-order chi connectivity index (χ0) is 33.8. The van der Waals surface area contributed by atoms with Gasteiger partial charge in [0.25, 0.3) is 0 Å². The molecule has 240 valence electrons. The van der Waals surface area contributed by atoms with E-state index in [0.717, 1.165) is 44.8 Å². The lowest BCUT2D eigenvalue weighted by atomic mass is 9.68. The summed E-state index contributed by atoms with van der Waals surface area (Å²) in [5, 5.41) is 0. The predicted octanol–water partition coefficient (Wildman–Crippen LogP) is 11.7. The SMILES string of the molecule is c1ccc(-c2cc(-c3cccc4c3Oc3c(ccc5c3-c3ccccc3C5(c3ccccc3)c3ccccc3)O4)nc(-c3ccccc3)n2)cc1. The smallest absolute Gasteiger partial charge is 0.179 e. The summed E-state index contributed by atoms with van der Waals surface area (Å²) < 4.78 is 13.9. The van der Waals surface area contributed by atoms with Crippen LogP contribution < -0.4 is 9.47 Å². The summed E-state index contributed by atoms with van der Waals surface area (Å²) in [6, 6.07) is 62.9. The van der Waals surface area contributed by atoms with Crippen molar-refractivity contribution >= 4 is 0 Å². The summed E-state index contributed by atoms with van der Waals surface area (Å²) in [5.74, 6) is 3.30. The summed E-state index contributed by atoms with van der Waals surface area (Å²) in [5.41, 5.74) is 10.7. The Morgan fingerprint density at radius 2 is 0.961 bits per heavy atom. The maximum atomic E-state index is 7.13. The molecule has 0 amide bonds. The Balaban J connectivity index is 1.19. The van der Waals surface area contributed by atoms with Crippen LogP contribution in [-0.4, -0.2) is 9.97 Å². The molecule has 1 aliphatic carbocycles. The van der Waals surface area contributed by atoms with E-state index in [1.165, 1.54) is 16.7 Å². The summed E-state index contributed by atoms with van der Waals surface area (Å²) in [4.78, 5) is 10.1. The quantitative estimate of drug-likeness (QED) is 0.185. The van der Waals surface area contributed by atoms with Gasteiger partial charge >= 0.3 is 0 Å². The van der Waals surface area contributed by atoms with E-state index in [0.29, 0.717) is 28.8 Å². The predicted molar refractivity (Wildman–Crippen MR) is 202 cm³/mol. The lowest BCUT2D eigenvalue weighted by Gasteiger charge is -2.34. The molecular weight excluding hydrogens is 625 g/mol. The number of para-hydroxylation sites is 1. The normalized spacial score (nSPS) is 13.2. The first kappa shape index (κ1) is 29.2. The van der Waals surface area contributed by atoms with Crippen molar-refractivity contribution in [1.29, 1.82) is 0 Å². The highest BCUT2D eigenvalue weighted by molar-refractivity contribution is 5.92. The van der Waals surface area contributed by atoms with Crippen molar-refractivity contribution in [3.8, 4) is 68.0 Å². The Labute approximate surface area is 296 Å². The average Bonchev–Trinajstić information content (AvgIpc) is 3.52. The van der Waals surface area contributed by atoms with E-state index < -0.39 is 5.41 Å². The zero-order valence-corrected chi connectivity index (χ0v) is 27.5. The number of fused-ring (bicyclic) bond motifs is 6. The van der Waals surface area contributed by atoms with Gasteiger partial charge < -0.3 is 9.47 Å². The molecule has 2 heterocycles. The van der Waals surface area contributed by atoms with Crippen LogP contribution in [0.25, 0.3) is 45.0 Å². The molecule has 2 aliphatic rings. The van der Waals surface area contributed by atoms with Crippen LogP contribution in [0.5, 0.6) is 23.0 Å². The summed E-state index contributed by atoms with van der Waals surface area (Å²) in [6.45, 7) is 0. The van der Waals surface area contributed by atoms with Crippen molar-refractivity contribution in [2.75, 3.05) is 0 Å². The van der Waals surface area contributed by atoms with Gasteiger partial charge in [-0.1, -0.05) is 158 Å². The van der Waals surface area contributed by atoms with Crippen molar-refractivity contribution in [2.45, 2.75) is 5.41 Å². The van der Waals surface area contributed by atoms with Crippen molar-refractivity contribution in [2.24, 2.45) is 0 Å². The first-order valence-electron chi connectivity index (χ1n) is 17.2. The molecule has 1 aliphatic heterocycles. The molecule has 0 fully saturated rings. The molecule has 51 heavy (non-hydrogen) atoms. The maximum absolute atomic E-state index is 7.13. The first-order chi connectivity index (χ1) is 25.3. The lowest BCUT2D eigenvalue weighted by molar-refractivity contribution is 0.361. The van der Waals surface area contributed by atoms with Crippen LogP contribution in [0.1, 0.15) is 22.3 Å². The van der Waals surface area contributed by atoms with Gasteiger partial charge in [-0.15, -0.1) is 0 Å². The highest BCUT2D eigenvalue weighted by Crippen LogP contribution is 2.62. The van der Waals surface area contributed by atoms with E-state index in [9.17, 15) is 0 Å². The Kier molecular flexibility index (Phi) is 6.68. The maximum Gasteiger partial charge on any atom is 0.179 e. The molecule has 0 saturated heterocycles. The number of aromatic nitrogens is 2. The topological polar surface area (TPSA) is 44.2 Å². The van der Waals surface area contributed by atoms with Crippen LogP contribution in [0.3, 0.4) is 0 Å². The molecule has 10 rings (SSSR count). The summed E-state index contributed by atoms with van der Waals surface area (Å²) in [7, 11) is 0. The fraction of sp³-hybridized carbons (Fsp3) is 0.0213. The molecule has 0 bridgehead atoms. The Bertz CT molecular complexity index is 2470. The molecule has 1 aromatic heterocycles. The molecule has 4 heteroatoms. The van der Waals surface area contributed by atoms with Crippen LogP contribution in [-0.2, 0) is 5.41 Å². The van der Waals surface area contributed by atoms with Gasteiger partial charge in [0.2, 0.25) is 0 Å². The van der Waals surface area contributed by atoms with Gasteiger partial charge in [-0.3, -0.25) is 0 Å². The van der Waals surface area contributed by atoms with E-state index >= 15 is 0 Å². The number of ether oxygens (including phenoxy) is 2. The minimum Gasteiger partial charge on any atom is -0.449 e. The fourth-order valence-electron chi connectivity index (χ4n) is 7.85. The largest absolute Gasteiger partial charge is 0.449 e. The molecule has 8 aromatic rings. The second-order valence-electron chi connectivity index (χ2n) is 12.9. The number of benzene rings is 7. The monoisotopic (exact) mass is 654 g/mol. The van der Waals surface area contributed by atoms with E-state index in [-0.39, 0.29) is 0 Å². The third kappa shape index (κ3) is 4.54. The van der Waals surface area contributed by atoms with Crippen LogP contribution in [0.4, 0.5) is 0 Å². The summed E-state index contributed by atoms with van der Waals surface area (Å²) in [6.07, 6.45) is 0. The van der Waals surface area contributed by atoms with Crippen LogP contribution in [0.2, 0.25) is 0 Å². The van der Waals surface area contributed by atoms with Gasteiger partial charge in [0.15, 0.2) is 28.8 Å². The van der Waals surface area contributed by atoms with Gasteiger partial charge in [0, 0.05) is 22.3 Å². The minimum atomic E-state index is -0.547. The second-order valence-corrected chi connectivity index (χ2v) is 12.9. The zero-order valence-electron chi connectivity index (χ0n) is 27.5. The molecule has 0 N–H and O–H groups in total. The van der Waals surface area contributed by atoms with Crippen LogP contribution >= 0.6 is 0 Å². The van der Waals surface area contributed by atoms with E-state index in [4.69, 9.17) is 19.4 Å². The lowest BCUT2D eigenvalue weighted by Crippen LogP contribution is -2.28. The Morgan fingerprint density at radius 1 is 0.392 bits per heavy atom. The number of rotatable bonds is 5. The molecular formula is C47H30N2O2. The molecule has 0 unspecified atom stereocenters. The van der Waals surface area contributed by atoms with E-state index in [1.54, 1.807) is 0 Å². The van der Waals surface area contributed by atoms with Crippen LogP contribution in [0, 0.1) is 0 Å². The highest BCUT2D eigenvalue weighted by Gasteiger charge is 2.48. The Morgan fingerprint density at radius 3 is 1.67 bits per heavy atom. The minimum absolute atomic E-state index is 0.547. The third-order valence-corrected chi connectivity index (χ3v) is 10.0. The Hall–Kier alpha value is -6.78. The molecule has 7 aromatic carbocycles. The molecule has 0 saturated carbocycles. The standard InChI is InChI=1S/C47H30N2O2/c1-5-16-31(17-6-1)39-30-40(49-46(48-39)32-18-7-2-8-19-32)36-25-15-27-41-44(36)51-45-42(50-41)29-28-38-43(45)35-24-13-14-26-37(35)47(38,33-20-9-3-10-21-33)34-22-11-4-12-23-34/h1-30H. The van der Waals surface area contributed by atoms with E-state index in [2.05, 4.69) is 115 Å². The van der Waals surface area contributed by atoms with Crippen LogP contribution in [0.15, 0.2) is 182 Å². The highest BCUT2D eigenvalue weighted by atomic mass is 16.6. The number of nitrogens with zero attached hydrogens (tertiary/aromatic N) is 2. The first-order valence-corrected chi connectivity index (χ1v) is 17.2. The van der Waals surface area contributed by atoms with Crippen molar-refractivity contribution in [3.63, 3.8) is 0 Å². The molecule has 0 spiro atoms. The van der Waals surface area contributed by atoms with Crippen molar-refractivity contribution in [3.05, 3.63) is 204 Å². The van der Waals surface area contributed by atoms with Gasteiger partial charge in [-0.2, -0.15) is 0 Å². The second kappa shape index (κ2) is 11.7. The third-order valence-electron chi connectivity index (χ3n) is 10.0. The van der Waals surface area contributed by atoms with Gasteiger partial charge in [-0.05, 0) is 52.1 Å². The molecule has 0 radical (unpaired) electrons. The van der Waals surface area contributed by atoms with Crippen molar-refractivity contribution < 1.29 is 9.47 Å². The van der Waals surface area contributed by atoms with Gasteiger partial charge in [-0.25, -0.2) is 9.97 Å². The van der Waals surface area contributed by atoms with Gasteiger partial charge in [0.1, 0.15) is 0 Å². The fourth-order valence-corrected chi connectivity index (χ4v) is 7.85. The van der Waals surface area contributed by atoms with Crippen molar-refractivity contribution in [1.82, 2.24) is 9.97 Å². The molecule has 0 atom stereocenters.